The van der Waals surface area contributed by atoms with Crippen LogP contribution in [-0.4, -0.2) is 30.2 Å². The van der Waals surface area contributed by atoms with Gasteiger partial charge >= 0.3 is 0 Å². The van der Waals surface area contributed by atoms with Crippen LogP contribution in [-0.2, 0) is 17.7 Å². The van der Waals surface area contributed by atoms with Crippen molar-refractivity contribution in [2.45, 2.75) is 38.4 Å². The average Bonchev–Trinajstić information content (AvgIpc) is 2.60. The zero-order valence-corrected chi connectivity index (χ0v) is 14.6. The molecule has 1 fully saturated rings. The molecule has 0 saturated carbocycles. The van der Waals surface area contributed by atoms with Gasteiger partial charge in [-0.25, -0.2) is 4.39 Å². The van der Waals surface area contributed by atoms with Gasteiger partial charge in [0.2, 0.25) is 0 Å². The lowest BCUT2D eigenvalue weighted by Crippen LogP contribution is -2.53. The summed E-state index contributed by atoms with van der Waals surface area (Å²) in [6, 6.07) is 16.9. The Hall–Kier alpha value is -1.97. The Kier molecular flexibility index (Phi) is 4.69. The van der Waals surface area contributed by atoms with E-state index in [-0.39, 0.29) is 11.9 Å². The van der Waals surface area contributed by atoms with Gasteiger partial charge in [0.1, 0.15) is 5.82 Å². The van der Waals surface area contributed by atoms with Crippen LogP contribution in [0, 0.1) is 12.7 Å². The Morgan fingerprint density at radius 2 is 1.92 bits per heavy atom. The van der Waals surface area contributed by atoms with Crippen molar-refractivity contribution < 1.29 is 9.13 Å². The van der Waals surface area contributed by atoms with Crippen LogP contribution in [0.4, 0.5) is 4.39 Å². The topological polar surface area (TPSA) is 12.5 Å². The van der Waals surface area contributed by atoms with Crippen LogP contribution >= 0.6 is 0 Å². The van der Waals surface area contributed by atoms with E-state index in [0.29, 0.717) is 12.5 Å². The summed E-state index contributed by atoms with van der Waals surface area (Å²) in [5, 5.41) is 0. The van der Waals surface area contributed by atoms with Gasteiger partial charge in [-0.3, -0.25) is 4.90 Å². The van der Waals surface area contributed by atoms with E-state index < -0.39 is 0 Å². The molecule has 3 heteroatoms. The van der Waals surface area contributed by atoms with E-state index in [1.807, 2.05) is 25.1 Å². The monoisotopic (exact) mass is 337 g/mol. The predicted octanol–water partition coefficient (Wildman–Crippen LogP) is 4.28. The summed E-state index contributed by atoms with van der Waals surface area (Å²) in [7, 11) is 0. The van der Waals surface area contributed by atoms with Gasteiger partial charge in [0, 0.05) is 12.6 Å². The largest absolute Gasteiger partial charge is 0.378 e. The summed E-state index contributed by atoms with van der Waals surface area (Å²) in [5.41, 5.74) is 4.21. The SMILES string of the molecule is Cc1cccc(CC2=CC3COCC(C2)N3Cc2ccccc2)c1F. The molecule has 0 aromatic heterocycles. The summed E-state index contributed by atoms with van der Waals surface area (Å²) in [4.78, 5) is 2.54. The fourth-order valence-electron chi connectivity index (χ4n) is 4.01. The quantitative estimate of drug-likeness (QED) is 0.772. The number of morpholine rings is 1. The van der Waals surface area contributed by atoms with E-state index in [9.17, 15) is 4.39 Å². The maximum Gasteiger partial charge on any atom is 0.129 e. The summed E-state index contributed by atoms with van der Waals surface area (Å²) in [5.74, 6) is -0.0588. The molecule has 2 bridgehead atoms. The van der Waals surface area contributed by atoms with Crippen molar-refractivity contribution in [1.29, 1.82) is 0 Å². The normalized spacial score (nSPS) is 23.4. The Morgan fingerprint density at radius 3 is 2.72 bits per heavy atom. The number of halogens is 1. The third-order valence-electron chi connectivity index (χ3n) is 5.32. The van der Waals surface area contributed by atoms with Gasteiger partial charge in [-0.2, -0.15) is 0 Å². The van der Waals surface area contributed by atoms with Crippen molar-refractivity contribution in [3.63, 3.8) is 0 Å². The molecule has 0 aliphatic carbocycles. The van der Waals surface area contributed by atoms with Crippen molar-refractivity contribution in [3.8, 4) is 0 Å². The maximum absolute atomic E-state index is 14.3. The number of ether oxygens (including phenoxy) is 1. The number of fused-ring (bicyclic) bond motifs is 2. The van der Waals surface area contributed by atoms with Crippen molar-refractivity contribution in [3.05, 3.63) is 82.7 Å². The molecule has 2 nitrogen and oxygen atoms in total. The molecule has 2 aliphatic rings. The van der Waals surface area contributed by atoms with Gasteiger partial charge in [0.05, 0.1) is 19.3 Å². The molecule has 130 valence electrons. The zero-order chi connectivity index (χ0) is 17.2. The first-order valence-corrected chi connectivity index (χ1v) is 9.01. The van der Waals surface area contributed by atoms with E-state index >= 15 is 0 Å². The molecule has 25 heavy (non-hydrogen) atoms. The van der Waals surface area contributed by atoms with Gasteiger partial charge in [0.25, 0.3) is 0 Å². The Labute approximate surface area is 148 Å². The number of benzene rings is 2. The minimum atomic E-state index is -0.0588. The second-order valence-corrected chi connectivity index (χ2v) is 7.17. The predicted molar refractivity (Wildman–Crippen MR) is 97.9 cm³/mol. The van der Waals surface area contributed by atoms with Crippen molar-refractivity contribution >= 4 is 0 Å². The molecule has 4 rings (SSSR count). The van der Waals surface area contributed by atoms with Gasteiger partial charge in [-0.15, -0.1) is 0 Å². The lowest BCUT2D eigenvalue weighted by Gasteiger charge is -2.45. The number of hydrogen-bond donors (Lipinski definition) is 0. The third kappa shape index (κ3) is 3.53. The first-order valence-electron chi connectivity index (χ1n) is 9.01. The Bertz CT molecular complexity index is 771. The smallest absolute Gasteiger partial charge is 0.129 e. The molecule has 1 saturated heterocycles. The van der Waals surface area contributed by atoms with E-state index in [2.05, 4.69) is 41.3 Å². The molecule has 0 N–H and O–H groups in total. The Balaban J connectivity index is 1.54. The molecule has 0 amide bonds. The van der Waals surface area contributed by atoms with Gasteiger partial charge < -0.3 is 4.74 Å². The molecule has 2 atom stereocenters. The minimum Gasteiger partial charge on any atom is -0.378 e. The summed E-state index contributed by atoms with van der Waals surface area (Å²) >= 11 is 0. The van der Waals surface area contributed by atoms with Crippen LogP contribution in [0.25, 0.3) is 0 Å². The van der Waals surface area contributed by atoms with Crippen molar-refractivity contribution in [2.24, 2.45) is 0 Å². The second-order valence-electron chi connectivity index (χ2n) is 7.17. The highest BCUT2D eigenvalue weighted by Gasteiger charge is 2.34. The van der Waals surface area contributed by atoms with Gasteiger partial charge in [-0.1, -0.05) is 60.2 Å². The highest BCUT2D eigenvalue weighted by Crippen LogP contribution is 2.31. The van der Waals surface area contributed by atoms with Crippen LogP contribution in [0.5, 0.6) is 0 Å². The number of hydrogen-bond acceptors (Lipinski definition) is 2. The molecule has 0 spiro atoms. The highest BCUT2D eigenvalue weighted by atomic mass is 19.1. The number of aryl methyl sites for hydroxylation is 1. The summed E-state index contributed by atoms with van der Waals surface area (Å²) in [6.07, 6.45) is 3.97. The van der Waals surface area contributed by atoms with Gasteiger partial charge in [-0.05, 0) is 36.5 Å². The van der Waals surface area contributed by atoms with E-state index in [0.717, 1.165) is 37.3 Å². The third-order valence-corrected chi connectivity index (χ3v) is 5.32. The van der Waals surface area contributed by atoms with Crippen LogP contribution < -0.4 is 0 Å². The van der Waals surface area contributed by atoms with Gasteiger partial charge in [0.15, 0.2) is 0 Å². The molecular weight excluding hydrogens is 313 g/mol. The van der Waals surface area contributed by atoms with Crippen LogP contribution in [0.3, 0.4) is 0 Å². The molecule has 2 unspecified atom stereocenters. The molecule has 2 aliphatic heterocycles. The molecule has 2 aromatic rings. The van der Waals surface area contributed by atoms with E-state index in [1.165, 1.54) is 11.1 Å². The molecule has 2 aromatic carbocycles. The zero-order valence-electron chi connectivity index (χ0n) is 14.6. The minimum absolute atomic E-state index is 0.0588. The van der Waals surface area contributed by atoms with Crippen LogP contribution in [0.15, 0.2) is 60.2 Å². The maximum atomic E-state index is 14.3. The first kappa shape index (κ1) is 16.5. The lowest BCUT2D eigenvalue weighted by atomic mass is 9.89. The fraction of sp³-hybridized carbons (Fsp3) is 0.364. The van der Waals surface area contributed by atoms with E-state index in [4.69, 9.17) is 4.74 Å². The Morgan fingerprint density at radius 1 is 1.08 bits per heavy atom. The summed E-state index contributed by atoms with van der Waals surface area (Å²) in [6.45, 7) is 4.26. The second kappa shape index (κ2) is 7.11. The van der Waals surface area contributed by atoms with Crippen molar-refractivity contribution in [1.82, 2.24) is 4.90 Å². The standard InChI is InChI=1S/C22H24FNO/c1-16-6-5-9-19(22(16)23)10-18-11-20-14-25-15-21(12-18)24(20)13-17-7-3-2-4-8-17/h2-9,11,20-21H,10,12-15H2,1H3. The molecule has 2 heterocycles. The fourth-order valence-corrected chi connectivity index (χ4v) is 4.01. The molecular formula is C22H24FNO. The van der Waals surface area contributed by atoms with Crippen LogP contribution in [0.2, 0.25) is 0 Å². The number of rotatable bonds is 4. The summed E-state index contributed by atoms with van der Waals surface area (Å²) < 4.78 is 20.1. The first-order chi connectivity index (χ1) is 12.2. The average molecular weight is 337 g/mol. The van der Waals surface area contributed by atoms with Crippen molar-refractivity contribution in [2.75, 3.05) is 13.2 Å². The van der Waals surface area contributed by atoms with Crippen LogP contribution in [0.1, 0.15) is 23.1 Å². The highest BCUT2D eigenvalue weighted by molar-refractivity contribution is 5.31. The lowest BCUT2D eigenvalue weighted by molar-refractivity contribution is -0.0440. The molecule has 0 radical (unpaired) electrons. The van der Waals surface area contributed by atoms with E-state index in [1.54, 1.807) is 0 Å². The number of nitrogens with zero attached hydrogens (tertiary/aromatic N) is 1.